The fourth-order valence-corrected chi connectivity index (χ4v) is 3.64. The van der Waals surface area contributed by atoms with Crippen LogP contribution >= 0.6 is 23.2 Å². The van der Waals surface area contributed by atoms with Gasteiger partial charge < -0.3 is 5.11 Å². The summed E-state index contributed by atoms with van der Waals surface area (Å²) in [5.41, 5.74) is 0.0565. The molecule has 2 rings (SSSR count). The Morgan fingerprint density at radius 1 is 1.14 bits per heavy atom. The highest BCUT2D eigenvalue weighted by Crippen LogP contribution is 2.32. The van der Waals surface area contributed by atoms with Gasteiger partial charge in [0.05, 0.1) is 27.2 Å². The Morgan fingerprint density at radius 2 is 1.76 bits per heavy atom. The molecule has 0 spiro atoms. The molecule has 0 aromatic heterocycles. The minimum absolute atomic E-state index is 0.00557. The number of hydrogen-bond donors (Lipinski definition) is 2. The Morgan fingerprint density at radius 3 is 2.33 bits per heavy atom. The summed E-state index contributed by atoms with van der Waals surface area (Å²) in [6.45, 7) is -0.549. The van der Waals surface area contributed by atoms with Crippen LogP contribution in [0.1, 0.15) is 5.56 Å². The molecule has 0 atom stereocenters. The van der Waals surface area contributed by atoms with Crippen LogP contribution in [0, 0.1) is 5.82 Å². The number of sulfonamides is 1. The Kier molecular flexibility index (Phi) is 4.73. The van der Waals surface area contributed by atoms with Crippen molar-refractivity contribution < 1.29 is 17.9 Å². The van der Waals surface area contributed by atoms with Crippen LogP contribution in [0.2, 0.25) is 10.0 Å². The monoisotopic (exact) mass is 349 g/mol. The minimum Gasteiger partial charge on any atom is -0.392 e. The van der Waals surface area contributed by atoms with Crippen LogP contribution in [0.4, 0.5) is 10.1 Å². The molecule has 0 saturated heterocycles. The SMILES string of the molecule is O=S(=O)(Nc1c(Cl)cccc1Cl)c1cc(F)ccc1CO. The molecule has 2 aromatic carbocycles. The predicted octanol–water partition coefficient (Wildman–Crippen LogP) is 3.43. The lowest BCUT2D eigenvalue weighted by atomic mass is 10.2. The zero-order chi connectivity index (χ0) is 15.6. The van der Waals surface area contributed by atoms with E-state index in [2.05, 4.69) is 4.72 Å². The highest BCUT2D eigenvalue weighted by atomic mass is 35.5. The first kappa shape index (κ1) is 16.0. The fourth-order valence-electron chi connectivity index (χ4n) is 1.69. The molecule has 21 heavy (non-hydrogen) atoms. The van der Waals surface area contributed by atoms with Crippen LogP contribution in [0.25, 0.3) is 0 Å². The average Bonchev–Trinajstić information content (AvgIpc) is 2.43. The van der Waals surface area contributed by atoms with E-state index < -0.39 is 22.4 Å². The minimum atomic E-state index is -4.14. The summed E-state index contributed by atoms with van der Waals surface area (Å²) in [5.74, 6) is -0.738. The number of hydrogen-bond acceptors (Lipinski definition) is 3. The van der Waals surface area contributed by atoms with E-state index in [1.165, 1.54) is 18.2 Å². The number of nitrogens with one attached hydrogen (secondary N) is 1. The molecule has 112 valence electrons. The molecule has 0 radical (unpaired) electrons. The lowest BCUT2D eigenvalue weighted by molar-refractivity contribution is 0.278. The zero-order valence-electron chi connectivity index (χ0n) is 10.5. The molecule has 0 saturated carbocycles. The molecular formula is C13H10Cl2FNO3S. The van der Waals surface area contributed by atoms with Gasteiger partial charge in [0.15, 0.2) is 0 Å². The van der Waals surface area contributed by atoms with Crippen molar-refractivity contribution in [1.82, 2.24) is 0 Å². The molecule has 0 heterocycles. The van der Waals surface area contributed by atoms with Crippen LogP contribution in [0.3, 0.4) is 0 Å². The molecule has 0 aliphatic heterocycles. The third kappa shape index (κ3) is 3.47. The molecule has 0 bridgehead atoms. The van der Waals surface area contributed by atoms with Gasteiger partial charge in [0.1, 0.15) is 5.82 Å². The summed E-state index contributed by atoms with van der Waals surface area (Å²) < 4.78 is 40.2. The van der Waals surface area contributed by atoms with Crippen molar-refractivity contribution in [3.05, 3.63) is 57.8 Å². The van der Waals surface area contributed by atoms with Gasteiger partial charge in [-0.05, 0) is 29.8 Å². The van der Waals surface area contributed by atoms with E-state index in [-0.39, 0.29) is 26.2 Å². The number of aliphatic hydroxyl groups excluding tert-OH is 1. The maximum absolute atomic E-state index is 13.3. The molecule has 0 unspecified atom stereocenters. The smallest absolute Gasteiger partial charge is 0.262 e. The van der Waals surface area contributed by atoms with Gasteiger partial charge in [-0.25, -0.2) is 12.8 Å². The Bertz CT molecular complexity index is 761. The van der Waals surface area contributed by atoms with Gasteiger partial charge in [-0.3, -0.25) is 4.72 Å². The summed E-state index contributed by atoms with van der Waals surface area (Å²) in [7, 11) is -4.14. The largest absolute Gasteiger partial charge is 0.392 e. The van der Waals surface area contributed by atoms with E-state index in [1.54, 1.807) is 6.07 Å². The van der Waals surface area contributed by atoms with Crippen LogP contribution in [0.15, 0.2) is 41.3 Å². The normalized spacial score (nSPS) is 11.4. The van der Waals surface area contributed by atoms with Crippen molar-refractivity contribution in [1.29, 1.82) is 0 Å². The molecule has 2 N–H and O–H groups in total. The quantitative estimate of drug-likeness (QED) is 0.888. The Balaban J connectivity index is 2.51. The van der Waals surface area contributed by atoms with Gasteiger partial charge >= 0.3 is 0 Å². The molecule has 0 amide bonds. The zero-order valence-corrected chi connectivity index (χ0v) is 12.8. The first-order chi connectivity index (χ1) is 9.85. The Labute approximate surface area is 131 Å². The van der Waals surface area contributed by atoms with Gasteiger partial charge in [0.25, 0.3) is 10.0 Å². The van der Waals surface area contributed by atoms with Gasteiger partial charge in [-0.2, -0.15) is 0 Å². The second kappa shape index (κ2) is 6.19. The number of anilines is 1. The van der Waals surface area contributed by atoms with Gasteiger partial charge in [0.2, 0.25) is 0 Å². The summed E-state index contributed by atoms with van der Waals surface area (Å²) in [5, 5.41) is 9.39. The molecule has 4 nitrogen and oxygen atoms in total. The molecule has 0 aliphatic rings. The van der Waals surface area contributed by atoms with Crippen LogP contribution in [-0.4, -0.2) is 13.5 Å². The predicted molar refractivity (Wildman–Crippen MR) is 79.6 cm³/mol. The highest BCUT2D eigenvalue weighted by molar-refractivity contribution is 7.92. The molecular weight excluding hydrogens is 340 g/mol. The molecule has 2 aromatic rings. The maximum Gasteiger partial charge on any atom is 0.262 e. The summed E-state index contributed by atoms with van der Waals surface area (Å²) in [6, 6.07) is 7.56. The van der Waals surface area contributed by atoms with E-state index in [1.807, 2.05) is 0 Å². The maximum atomic E-state index is 13.3. The lowest BCUT2D eigenvalue weighted by Gasteiger charge is -2.13. The third-order valence-corrected chi connectivity index (χ3v) is 4.75. The number of benzene rings is 2. The molecule has 8 heteroatoms. The van der Waals surface area contributed by atoms with Crippen molar-refractivity contribution in [3.63, 3.8) is 0 Å². The lowest BCUT2D eigenvalue weighted by Crippen LogP contribution is -2.16. The van der Waals surface area contributed by atoms with Gasteiger partial charge in [0, 0.05) is 0 Å². The third-order valence-electron chi connectivity index (χ3n) is 2.69. The summed E-state index contributed by atoms with van der Waals surface area (Å²) in [4.78, 5) is -0.374. The van der Waals surface area contributed by atoms with E-state index in [0.29, 0.717) is 0 Å². The summed E-state index contributed by atoms with van der Waals surface area (Å²) in [6.07, 6.45) is 0. The van der Waals surface area contributed by atoms with Crippen molar-refractivity contribution in [2.75, 3.05) is 4.72 Å². The molecule has 0 aliphatic carbocycles. The van der Waals surface area contributed by atoms with Crippen molar-refractivity contribution in [2.45, 2.75) is 11.5 Å². The number of halogens is 3. The van der Waals surface area contributed by atoms with E-state index in [4.69, 9.17) is 23.2 Å². The topological polar surface area (TPSA) is 66.4 Å². The van der Waals surface area contributed by atoms with E-state index in [0.717, 1.165) is 12.1 Å². The number of aliphatic hydroxyl groups is 1. The number of para-hydroxylation sites is 1. The average molecular weight is 350 g/mol. The second-order valence-electron chi connectivity index (χ2n) is 4.11. The first-order valence-corrected chi connectivity index (χ1v) is 7.95. The Hall–Kier alpha value is -1.34. The van der Waals surface area contributed by atoms with E-state index in [9.17, 15) is 17.9 Å². The second-order valence-corrected chi connectivity index (χ2v) is 6.58. The molecule has 0 fully saturated rings. The van der Waals surface area contributed by atoms with Gasteiger partial charge in [-0.1, -0.05) is 35.3 Å². The standard InChI is InChI=1S/C13H10Cl2FNO3S/c14-10-2-1-3-11(15)13(10)17-21(19,20)12-6-9(16)5-4-8(12)7-18/h1-6,17-18H,7H2. The van der Waals surface area contributed by atoms with Crippen LogP contribution in [-0.2, 0) is 16.6 Å². The number of rotatable bonds is 4. The fraction of sp³-hybridized carbons (Fsp3) is 0.0769. The van der Waals surface area contributed by atoms with Crippen molar-refractivity contribution >= 4 is 38.9 Å². The summed E-state index contributed by atoms with van der Waals surface area (Å²) >= 11 is 11.8. The first-order valence-electron chi connectivity index (χ1n) is 5.71. The van der Waals surface area contributed by atoms with Gasteiger partial charge in [-0.15, -0.1) is 0 Å². The van der Waals surface area contributed by atoms with Crippen LogP contribution < -0.4 is 4.72 Å². The van der Waals surface area contributed by atoms with E-state index >= 15 is 0 Å². The highest BCUT2D eigenvalue weighted by Gasteiger charge is 2.21. The van der Waals surface area contributed by atoms with Crippen LogP contribution in [0.5, 0.6) is 0 Å². The van der Waals surface area contributed by atoms with Crippen molar-refractivity contribution in [3.8, 4) is 0 Å². The van der Waals surface area contributed by atoms with Crippen molar-refractivity contribution in [2.24, 2.45) is 0 Å².